The Hall–Kier alpha value is -1.92. The second-order valence-corrected chi connectivity index (χ2v) is 4.64. The van der Waals surface area contributed by atoms with Crippen LogP contribution in [0.3, 0.4) is 0 Å². The van der Waals surface area contributed by atoms with Gasteiger partial charge in [0.05, 0.1) is 0 Å². The van der Waals surface area contributed by atoms with Gasteiger partial charge in [-0.3, -0.25) is 0 Å². The van der Waals surface area contributed by atoms with E-state index in [0.717, 1.165) is 18.6 Å². The molecule has 0 saturated heterocycles. The monoisotopic (exact) mass is 290 g/mol. The molecule has 0 aliphatic carbocycles. The smallest absolute Gasteiger partial charge is 0.406 e. The van der Waals surface area contributed by atoms with Crippen molar-refractivity contribution in [3.63, 3.8) is 0 Å². The largest absolute Gasteiger partial charge is 0.573 e. The summed E-state index contributed by atoms with van der Waals surface area (Å²) in [6.07, 6.45) is -3.93. The number of amides is 2. The van der Waals surface area contributed by atoms with Gasteiger partial charge in [0.1, 0.15) is 5.75 Å². The SMILES string of the molecule is CC(C)CCNC(=O)Nc1cccc(OC(F)(F)F)c1. The number of ether oxygens (including phenoxy) is 1. The van der Waals surface area contributed by atoms with Crippen molar-refractivity contribution in [2.24, 2.45) is 5.92 Å². The summed E-state index contributed by atoms with van der Waals surface area (Å²) < 4.78 is 39.9. The zero-order valence-corrected chi connectivity index (χ0v) is 11.3. The molecule has 0 atom stereocenters. The maximum absolute atomic E-state index is 12.1. The van der Waals surface area contributed by atoms with Crippen molar-refractivity contribution in [1.82, 2.24) is 5.32 Å². The number of rotatable bonds is 5. The summed E-state index contributed by atoms with van der Waals surface area (Å²) in [6.45, 7) is 4.55. The number of carbonyl (C=O) groups is 1. The minimum Gasteiger partial charge on any atom is -0.406 e. The molecule has 1 rings (SSSR count). The Morgan fingerprint density at radius 3 is 2.65 bits per heavy atom. The van der Waals surface area contributed by atoms with Gasteiger partial charge >= 0.3 is 12.4 Å². The highest BCUT2D eigenvalue weighted by molar-refractivity contribution is 5.89. The summed E-state index contributed by atoms with van der Waals surface area (Å²) >= 11 is 0. The summed E-state index contributed by atoms with van der Waals surface area (Å²) in [4.78, 5) is 11.5. The van der Waals surface area contributed by atoms with Gasteiger partial charge in [-0.05, 0) is 24.5 Å². The van der Waals surface area contributed by atoms with E-state index < -0.39 is 12.4 Å². The van der Waals surface area contributed by atoms with Gasteiger partial charge in [-0.2, -0.15) is 0 Å². The number of hydrogen-bond acceptors (Lipinski definition) is 2. The van der Waals surface area contributed by atoms with Gasteiger partial charge in [-0.15, -0.1) is 13.2 Å². The van der Waals surface area contributed by atoms with Crippen molar-refractivity contribution in [3.8, 4) is 5.75 Å². The molecule has 0 fully saturated rings. The number of hydrogen-bond donors (Lipinski definition) is 2. The van der Waals surface area contributed by atoms with Crippen molar-refractivity contribution in [2.75, 3.05) is 11.9 Å². The van der Waals surface area contributed by atoms with Crippen molar-refractivity contribution in [1.29, 1.82) is 0 Å². The molecule has 0 spiro atoms. The van der Waals surface area contributed by atoms with Crippen molar-refractivity contribution in [2.45, 2.75) is 26.6 Å². The lowest BCUT2D eigenvalue weighted by atomic mass is 10.1. The van der Waals surface area contributed by atoms with E-state index in [1.807, 2.05) is 13.8 Å². The highest BCUT2D eigenvalue weighted by Gasteiger charge is 2.31. The predicted octanol–water partition coefficient (Wildman–Crippen LogP) is 3.75. The van der Waals surface area contributed by atoms with E-state index in [4.69, 9.17) is 0 Å². The van der Waals surface area contributed by atoms with Gasteiger partial charge in [-0.25, -0.2) is 4.79 Å². The van der Waals surface area contributed by atoms with E-state index in [-0.39, 0.29) is 11.4 Å². The summed E-state index contributed by atoms with van der Waals surface area (Å²) in [5.41, 5.74) is 0.230. The summed E-state index contributed by atoms with van der Waals surface area (Å²) in [5, 5.41) is 5.06. The fourth-order valence-electron chi connectivity index (χ4n) is 1.42. The number of urea groups is 1. The Balaban J connectivity index is 2.51. The minimum absolute atomic E-state index is 0.230. The lowest BCUT2D eigenvalue weighted by Crippen LogP contribution is -2.30. The van der Waals surface area contributed by atoms with E-state index in [9.17, 15) is 18.0 Å². The van der Waals surface area contributed by atoms with Gasteiger partial charge in [0.15, 0.2) is 0 Å². The molecule has 0 radical (unpaired) electrons. The van der Waals surface area contributed by atoms with Crippen molar-refractivity contribution < 1.29 is 22.7 Å². The number of carbonyl (C=O) groups excluding carboxylic acids is 1. The van der Waals surface area contributed by atoms with Gasteiger partial charge in [-0.1, -0.05) is 19.9 Å². The molecule has 20 heavy (non-hydrogen) atoms. The Bertz CT molecular complexity index is 447. The summed E-state index contributed by atoms with van der Waals surface area (Å²) in [7, 11) is 0. The van der Waals surface area contributed by atoms with Crippen LogP contribution in [0.15, 0.2) is 24.3 Å². The van der Waals surface area contributed by atoms with Crippen LogP contribution >= 0.6 is 0 Å². The number of nitrogens with one attached hydrogen (secondary N) is 2. The molecule has 4 nitrogen and oxygen atoms in total. The van der Waals surface area contributed by atoms with Gasteiger partial charge in [0.25, 0.3) is 0 Å². The van der Waals surface area contributed by atoms with Crippen LogP contribution in [-0.4, -0.2) is 18.9 Å². The molecule has 7 heteroatoms. The first-order chi connectivity index (χ1) is 9.26. The Kier molecular flexibility index (Phi) is 5.66. The van der Waals surface area contributed by atoms with Crippen LogP contribution in [0.4, 0.5) is 23.7 Å². The van der Waals surface area contributed by atoms with Crippen LogP contribution in [-0.2, 0) is 0 Å². The highest BCUT2D eigenvalue weighted by atomic mass is 19.4. The third-order valence-corrected chi connectivity index (χ3v) is 2.33. The van der Waals surface area contributed by atoms with E-state index >= 15 is 0 Å². The minimum atomic E-state index is -4.75. The van der Waals surface area contributed by atoms with Gasteiger partial charge in [0.2, 0.25) is 0 Å². The molecule has 112 valence electrons. The summed E-state index contributed by atoms with van der Waals surface area (Å²) in [6, 6.07) is 4.65. The zero-order valence-electron chi connectivity index (χ0n) is 11.3. The molecule has 0 aliphatic rings. The van der Waals surface area contributed by atoms with E-state index in [0.29, 0.717) is 12.5 Å². The molecule has 0 unspecified atom stereocenters. The molecule has 0 heterocycles. The van der Waals surface area contributed by atoms with Crippen LogP contribution < -0.4 is 15.4 Å². The maximum atomic E-state index is 12.1. The first kappa shape index (κ1) is 16.1. The third kappa shape index (κ3) is 6.86. The quantitative estimate of drug-likeness (QED) is 0.867. The van der Waals surface area contributed by atoms with E-state index in [1.165, 1.54) is 12.1 Å². The Morgan fingerprint density at radius 1 is 1.35 bits per heavy atom. The van der Waals surface area contributed by atoms with Gasteiger partial charge in [0, 0.05) is 18.3 Å². The molecule has 2 N–H and O–H groups in total. The van der Waals surface area contributed by atoms with Crippen molar-refractivity contribution in [3.05, 3.63) is 24.3 Å². The highest BCUT2D eigenvalue weighted by Crippen LogP contribution is 2.24. The van der Waals surface area contributed by atoms with Crippen LogP contribution in [0.1, 0.15) is 20.3 Å². The zero-order chi connectivity index (χ0) is 15.2. The molecular weight excluding hydrogens is 273 g/mol. The molecule has 2 amide bonds. The molecular formula is C13H17F3N2O2. The number of halogens is 3. The number of anilines is 1. The van der Waals surface area contributed by atoms with Crippen LogP contribution in [0, 0.1) is 5.92 Å². The Morgan fingerprint density at radius 2 is 2.05 bits per heavy atom. The van der Waals surface area contributed by atoms with Gasteiger partial charge < -0.3 is 15.4 Å². The topological polar surface area (TPSA) is 50.4 Å². The number of benzene rings is 1. The second kappa shape index (κ2) is 7.02. The van der Waals surface area contributed by atoms with Crippen molar-refractivity contribution >= 4 is 11.7 Å². The fraction of sp³-hybridized carbons (Fsp3) is 0.462. The standard InChI is InChI=1S/C13H17F3N2O2/c1-9(2)6-7-17-12(19)18-10-4-3-5-11(8-10)20-13(14,15)16/h3-5,8-9H,6-7H2,1-2H3,(H2,17,18,19). The van der Waals surface area contributed by atoms with E-state index in [1.54, 1.807) is 0 Å². The average Bonchev–Trinajstić information content (AvgIpc) is 2.26. The van der Waals surface area contributed by atoms with Crippen LogP contribution in [0.2, 0.25) is 0 Å². The first-order valence-electron chi connectivity index (χ1n) is 6.17. The van der Waals surface area contributed by atoms with E-state index in [2.05, 4.69) is 15.4 Å². The molecule has 0 saturated carbocycles. The molecule has 0 aliphatic heterocycles. The van der Waals surface area contributed by atoms with Crippen LogP contribution in [0.25, 0.3) is 0 Å². The predicted molar refractivity (Wildman–Crippen MR) is 69.6 cm³/mol. The van der Waals surface area contributed by atoms with Crippen LogP contribution in [0.5, 0.6) is 5.75 Å². The third-order valence-electron chi connectivity index (χ3n) is 2.33. The fourth-order valence-corrected chi connectivity index (χ4v) is 1.42. The molecule has 1 aromatic carbocycles. The molecule has 1 aromatic rings. The summed E-state index contributed by atoms with van der Waals surface area (Å²) in [5.74, 6) is 0.0799. The average molecular weight is 290 g/mol. The lowest BCUT2D eigenvalue weighted by molar-refractivity contribution is -0.274. The number of alkyl halides is 3. The normalized spacial score (nSPS) is 11.3. The second-order valence-electron chi connectivity index (χ2n) is 4.64. The first-order valence-corrected chi connectivity index (χ1v) is 6.17. The Labute approximate surface area is 115 Å². The molecule has 0 bridgehead atoms. The lowest BCUT2D eigenvalue weighted by Gasteiger charge is -2.11. The molecule has 0 aromatic heterocycles. The maximum Gasteiger partial charge on any atom is 0.573 e.